The summed E-state index contributed by atoms with van der Waals surface area (Å²) in [6, 6.07) is 10.4. The Bertz CT molecular complexity index is 669. The average Bonchev–Trinajstić information content (AvgIpc) is 2.86. The lowest BCUT2D eigenvalue weighted by atomic mass is 9.79. The van der Waals surface area contributed by atoms with E-state index in [1.165, 1.54) is 50.5 Å². The Morgan fingerprint density at radius 2 is 1.62 bits per heavy atom. The van der Waals surface area contributed by atoms with Crippen LogP contribution in [0.1, 0.15) is 122 Å². The largest absolute Gasteiger partial charge is 0.396 e. The first-order chi connectivity index (χ1) is 16.6. The standard InChI is InChI=1S/C31H50O3/c1-2-3-4-5-6-7-8-12-17-28(31(34)24-29-18-13-14-19-30(29)33)23-22-27(25-32)21-20-26-15-10-9-11-16-26/h9-11,15-16,27-29,32H,2-8,12-14,17-25H2,1H3/t27-,28?,29?/m0/s1. The van der Waals surface area contributed by atoms with Gasteiger partial charge in [0, 0.05) is 31.3 Å². The van der Waals surface area contributed by atoms with Gasteiger partial charge in [0.25, 0.3) is 0 Å². The van der Waals surface area contributed by atoms with Crippen LogP contribution in [0, 0.1) is 17.8 Å². The third kappa shape index (κ3) is 11.8. The van der Waals surface area contributed by atoms with Gasteiger partial charge in [-0.3, -0.25) is 9.59 Å². The van der Waals surface area contributed by atoms with Crippen molar-refractivity contribution >= 4 is 11.6 Å². The third-order valence-corrected chi connectivity index (χ3v) is 7.86. The molecule has 1 aromatic carbocycles. The number of ketones is 2. The number of carbonyl (C=O) groups excluding carboxylic acids is 2. The molecule has 1 aliphatic rings. The summed E-state index contributed by atoms with van der Waals surface area (Å²) in [5, 5.41) is 9.96. The molecular weight excluding hydrogens is 420 g/mol. The summed E-state index contributed by atoms with van der Waals surface area (Å²) in [6.07, 6.45) is 18.9. The monoisotopic (exact) mass is 470 g/mol. The van der Waals surface area contributed by atoms with Gasteiger partial charge in [0.2, 0.25) is 0 Å². The molecule has 0 spiro atoms. The van der Waals surface area contributed by atoms with Crippen LogP contribution < -0.4 is 0 Å². The molecule has 2 unspecified atom stereocenters. The van der Waals surface area contributed by atoms with E-state index in [0.29, 0.717) is 24.4 Å². The van der Waals surface area contributed by atoms with Crippen LogP contribution in [-0.4, -0.2) is 23.3 Å². The number of Topliss-reactive ketones (excluding diaryl/α,β-unsaturated/α-hetero) is 2. The lowest BCUT2D eigenvalue weighted by Gasteiger charge is -2.24. The number of aryl methyl sites for hydroxylation is 1. The van der Waals surface area contributed by atoms with Crippen molar-refractivity contribution in [2.75, 3.05) is 6.61 Å². The van der Waals surface area contributed by atoms with Crippen LogP contribution in [-0.2, 0) is 16.0 Å². The van der Waals surface area contributed by atoms with Crippen LogP contribution in [0.3, 0.4) is 0 Å². The van der Waals surface area contributed by atoms with Gasteiger partial charge in [0.05, 0.1) is 0 Å². The van der Waals surface area contributed by atoms with Gasteiger partial charge in [0.15, 0.2) is 0 Å². The summed E-state index contributed by atoms with van der Waals surface area (Å²) >= 11 is 0. The van der Waals surface area contributed by atoms with Gasteiger partial charge in [0.1, 0.15) is 11.6 Å². The van der Waals surface area contributed by atoms with Crippen molar-refractivity contribution in [3.05, 3.63) is 35.9 Å². The van der Waals surface area contributed by atoms with E-state index in [4.69, 9.17) is 0 Å². The van der Waals surface area contributed by atoms with E-state index in [2.05, 4.69) is 31.2 Å². The van der Waals surface area contributed by atoms with Crippen LogP contribution in [0.15, 0.2) is 30.3 Å². The smallest absolute Gasteiger partial charge is 0.136 e. The van der Waals surface area contributed by atoms with Crippen molar-refractivity contribution in [2.24, 2.45) is 17.8 Å². The fraction of sp³-hybridized carbons (Fsp3) is 0.742. The quantitative estimate of drug-likeness (QED) is 0.209. The highest BCUT2D eigenvalue weighted by molar-refractivity contribution is 5.89. The van der Waals surface area contributed by atoms with E-state index in [0.717, 1.165) is 57.8 Å². The normalized spacial score (nSPS) is 18.1. The number of carbonyl (C=O) groups is 2. The molecule has 2 rings (SSSR count). The number of aliphatic hydroxyl groups is 1. The van der Waals surface area contributed by atoms with E-state index in [1.54, 1.807) is 0 Å². The first-order valence-electron chi connectivity index (χ1n) is 14.3. The van der Waals surface area contributed by atoms with E-state index in [9.17, 15) is 14.7 Å². The summed E-state index contributed by atoms with van der Waals surface area (Å²) in [4.78, 5) is 25.6. The first kappa shape index (κ1) is 28.8. The molecule has 34 heavy (non-hydrogen) atoms. The number of hydrogen-bond donors (Lipinski definition) is 1. The third-order valence-electron chi connectivity index (χ3n) is 7.86. The van der Waals surface area contributed by atoms with Crippen molar-refractivity contribution in [1.29, 1.82) is 0 Å². The zero-order valence-corrected chi connectivity index (χ0v) is 21.8. The van der Waals surface area contributed by atoms with E-state index in [-0.39, 0.29) is 24.4 Å². The van der Waals surface area contributed by atoms with Crippen molar-refractivity contribution < 1.29 is 14.7 Å². The second-order valence-electron chi connectivity index (χ2n) is 10.7. The summed E-state index contributed by atoms with van der Waals surface area (Å²) < 4.78 is 0. The van der Waals surface area contributed by atoms with Crippen LogP contribution >= 0.6 is 0 Å². The highest BCUT2D eigenvalue weighted by Crippen LogP contribution is 2.29. The van der Waals surface area contributed by atoms with Gasteiger partial charge in [-0.15, -0.1) is 0 Å². The van der Waals surface area contributed by atoms with Crippen LogP contribution in [0.25, 0.3) is 0 Å². The lowest BCUT2D eigenvalue weighted by Crippen LogP contribution is -2.26. The maximum Gasteiger partial charge on any atom is 0.136 e. The lowest BCUT2D eigenvalue weighted by molar-refractivity contribution is -0.131. The molecule has 3 heteroatoms. The highest BCUT2D eigenvalue weighted by Gasteiger charge is 2.28. The molecule has 0 radical (unpaired) electrons. The van der Waals surface area contributed by atoms with E-state index < -0.39 is 0 Å². The summed E-state index contributed by atoms with van der Waals surface area (Å²) in [7, 11) is 0. The molecule has 1 aromatic rings. The Kier molecular flexibility index (Phi) is 15.1. The van der Waals surface area contributed by atoms with Gasteiger partial charge in [-0.2, -0.15) is 0 Å². The predicted octanol–water partition coefficient (Wildman–Crippen LogP) is 7.87. The molecule has 0 bridgehead atoms. The topological polar surface area (TPSA) is 54.4 Å². The van der Waals surface area contributed by atoms with Crippen molar-refractivity contribution in [3.8, 4) is 0 Å². The minimum atomic E-state index is -0.0333. The van der Waals surface area contributed by atoms with Crippen molar-refractivity contribution in [1.82, 2.24) is 0 Å². The molecule has 0 saturated heterocycles. The molecule has 1 fully saturated rings. The van der Waals surface area contributed by atoms with Gasteiger partial charge >= 0.3 is 0 Å². The first-order valence-corrected chi connectivity index (χ1v) is 14.3. The van der Waals surface area contributed by atoms with Gasteiger partial charge < -0.3 is 5.11 Å². The van der Waals surface area contributed by atoms with Crippen LogP contribution in [0.4, 0.5) is 0 Å². The van der Waals surface area contributed by atoms with Crippen molar-refractivity contribution in [3.63, 3.8) is 0 Å². The Morgan fingerprint density at radius 3 is 2.29 bits per heavy atom. The molecule has 1 aliphatic carbocycles. The fourth-order valence-electron chi connectivity index (χ4n) is 5.45. The maximum atomic E-state index is 13.3. The average molecular weight is 471 g/mol. The second kappa shape index (κ2) is 17.9. The summed E-state index contributed by atoms with van der Waals surface area (Å²) in [5.74, 6) is 0.879. The molecular formula is C31H50O3. The second-order valence-corrected chi connectivity index (χ2v) is 10.7. The fourth-order valence-corrected chi connectivity index (χ4v) is 5.45. The highest BCUT2D eigenvalue weighted by atomic mass is 16.3. The Labute approximate surface area is 209 Å². The van der Waals surface area contributed by atoms with Gasteiger partial charge in [-0.1, -0.05) is 95.0 Å². The zero-order valence-electron chi connectivity index (χ0n) is 21.8. The predicted molar refractivity (Wildman–Crippen MR) is 142 cm³/mol. The molecule has 0 aliphatic heterocycles. The summed E-state index contributed by atoms with van der Waals surface area (Å²) in [5.41, 5.74) is 1.31. The van der Waals surface area contributed by atoms with Crippen LogP contribution in [0.5, 0.6) is 0 Å². The van der Waals surface area contributed by atoms with E-state index in [1.807, 2.05) is 6.07 Å². The Balaban J connectivity index is 1.81. The minimum absolute atomic E-state index is 0.0333. The molecule has 0 heterocycles. The summed E-state index contributed by atoms with van der Waals surface area (Å²) in [6.45, 7) is 2.44. The molecule has 0 amide bonds. The zero-order chi connectivity index (χ0) is 24.4. The van der Waals surface area contributed by atoms with E-state index >= 15 is 0 Å². The number of benzene rings is 1. The molecule has 0 aromatic heterocycles. The number of hydrogen-bond acceptors (Lipinski definition) is 3. The number of rotatable bonds is 19. The maximum absolute atomic E-state index is 13.3. The minimum Gasteiger partial charge on any atom is -0.396 e. The van der Waals surface area contributed by atoms with Crippen molar-refractivity contribution in [2.45, 2.75) is 122 Å². The van der Waals surface area contributed by atoms with Gasteiger partial charge in [-0.05, 0) is 56.4 Å². The molecule has 3 nitrogen and oxygen atoms in total. The van der Waals surface area contributed by atoms with Crippen LogP contribution in [0.2, 0.25) is 0 Å². The SMILES string of the molecule is CCCCCCCCCCC(CC[C@@H](CO)CCc1ccccc1)C(=O)CC1CCCCC1=O. The number of aliphatic hydroxyl groups excluding tert-OH is 1. The molecule has 3 atom stereocenters. The number of unbranched alkanes of at least 4 members (excludes halogenated alkanes) is 7. The molecule has 1 saturated carbocycles. The molecule has 1 N–H and O–H groups in total. The Hall–Kier alpha value is -1.48. The molecule has 192 valence electrons. The Morgan fingerprint density at radius 1 is 0.912 bits per heavy atom. The van der Waals surface area contributed by atoms with Gasteiger partial charge in [-0.25, -0.2) is 0 Å².